The molecule has 7 nitrogen and oxygen atoms in total. The summed E-state index contributed by atoms with van der Waals surface area (Å²) >= 11 is 0.680. The Morgan fingerprint density at radius 1 is 1.38 bits per heavy atom. The summed E-state index contributed by atoms with van der Waals surface area (Å²) in [5, 5.41) is 9.59. The van der Waals surface area contributed by atoms with Crippen molar-refractivity contribution in [2.45, 2.75) is 19.8 Å². The van der Waals surface area contributed by atoms with E-state index in [2.05, 4.69) is 4.98 Å². The van der Waals surface area contributed by atoms with Crippen molar-refractivity contribution in [1.82, 2.24) is 9.55 Å². The number of halogens is 2. The van der Waals surface area contributed by atoms with Gasteiger partial charge in [0.25, 0.3) is 11.5 Å². The molecule has 0 saturated heterocycles. The molecule has 0 amide bonds. The summed E-state index contributed by atoms with van der Waals surface area (Å²) in [5.41, 5.74) is -0.204. The first-order chi connectivity index (χ1) is 12.2. The lowest BCUT2D eigenvalue weighted by Gasteiger charge is -2.15. The number of ether oxygens (including phenoxy) is 1. The third-order valence-corrected chi connectivity index (χ3v) is 3.69. The van der Waals surface area contributed by atoms with Crippen LogP contribution in [0.5, 0.6) is 17.4 Å². The summed E-state index contributed by atoms with van der Waals surface area (Å²) in [6.45, 7) is 2.03. The Morgan fingerprint density at radius 2 is 2.12 bits per heavy atom. The maximum atomic E-state index is 12.9. The monoisotopic (exact) mass is 388 g/mol. The van der Waals surface area contributed by atoms with Crippen LogP contribution in [0.3, 0.4) is 0 Å². The Labute approximate surface area is 152 Å². The molecule has 0 spiro atoms. The van der Waals surface area contributed by atoms with E-state index in [0.717, 1.165) is 17.7 Å². The summed E-state index contributed by atoms with van der Waals surface area (Å²) in [6.07, 6.45) is 1.16. The number of aromatic hydroxyl groups is 1. The van der Waals surface area contributed by atoms with Gasteiger partial charge in [0, 0.05) is 20.0 Å². The maximum absolute atomic E-state index is 12.9. The number of aromatic nitrogens is 2. The molecule has 0 aliphatic rings. The quantitative estimate of drug-likeness (QED) is 0.549. The zero-order chi connectivity index (χ0) is 19.3. The summed E-state index contributed by atoms with van der Waals surface area (Å²) in [6, 6.07) is 4.06. The van der Waals surface area contributed by atoms with Crippen LogP contribution in [0.1, 0.15) is 13.8 Å². The second kappa shape index (κ2) is 8.37. The van der Waals surface area contributed by atoms with Gasteiger partial charge in [0.2, 0.25) is 12.3 Å². The topological polar surface area (TPSA) is 82.8 Å². The van der Waals surface area contributed by atoms with Crippen molar-refractivity contribution in [1.29, 1.82) is 0 Å². The van der Waals surface area contributed by atoms with Gasteiger partial charge in [-0.2, -0.15) is 0 Å². The van der Waals surface area contributed by atoms with Gasteiger partial charge in [0.1, 0.15) is 11.4 Å². The van der Waals surface area contributed by atoms with Gasteiger partial charge in [-0.15, -0.1) is 0 Å². The third-order valence-electron chi connectivity index (χ3n) is 3.11. The molecule has 0 aliphatic carbocycles. The van der Waals surface area contributed by atoms with Crippen LogP contribution in [-0.4, -0.2) is 33.8 Å². The SMILES string of the molecule is CCOSOc1cc(O)cnc1-c1ccc(OCC(C)(F)F)n(C)c1=O. The van der Waals surface area contributed by atoms with Crippen LogP contribution in [0.15, 0.2) is 29.2 Å². The largest absolute Gasteiger partial charge is 0.506 e. The molecule has 0 aromatic carbocycles. The number of nitrogens with zero attached hydrogens (tertiary/aromatic N) is 2. The zero-order valence-corrected chi connectivity index (χ0v) is 15.2. The second-order valence-electron chi connectivity index (χ2n) is 5.41. The normalized spacial score (nSPS) is 11.4. The number of hydrogen-bond donors (Lipinski definition) is 1. The van der Waals surface area contributed by atoms with Crippen molar-refractivity contribution in [2.75, 3.05) is 13.2 Å². The predicted octanol–water partition coefficient (Wildman–Crippen LogP) is 3.17. The highest BCUT2D eigenvalue weighted by molar-refractivity contribution is 7.90. The Balaban J connectivity index is 2.37. The molecule has 1 N–H and O–H groups in total. The van der Waals surface area contributed by atoms with E-state index in [-0.39, 0.29) is 28.6 Å². The Kier molecular flexibility index (Phi) is 6.43. The fraction of sp³-hybridized carbons (Fsp3) is 0.375. The van der Waals surface area contributed by atoms with E-state index in [4.69, 9.17) is 13.1 Å². The lowest BCUT2D eigenvalue weighted by atomic mass is 10.1. The molecule has 2 aromatic heterocycles. The molecule has 0 saturated carbocycles. The van der Waals surface area contributed by atoms with Gasteiger partial charge in [-0.05, 0) is 19.1 Å². The third kappa shape index (κ3) is 5.09. The minimum absolute atomic E-state index is 0.00906. The van der Waals surface area contributed by atoms with Crippen LogP contribution in [0.25, 0.3) is 11.3 Å². The van der Waals surface area contributed by atoms with Crippen molar-refractivity contribution in [3.8, 4) is 28.6 Å². The van der Waals surface area contributed by atoms with Crippen LogP contribution in [0.4, 0.5) is 8.78 Å². The molecule has 142 valence electrons. The predicted molar refractivity (Wildman–Crippen MR) is 92.5 cm³/mol. The smallest absolute Gasteiger partial charge is 0.278 e. The highest BCUT2D eigenvalue weighted by Crippen LogP contribution is 2.32. The lowest BCUT2D eigenvalue weighted by molar-refractivity contribution is -0.0252. The number of hydrogen-bond acceptors (Lipinski definition) is 7. The average Bonchev–Trinajstić information content (AvgIpc) is 2.56. The molecule has 0 aliphatic heterocycles. The summed E-state index contributed by atoms with van der Waals surface area (Å²) < 4.78 is 42.3. The molecular weight excluding hydrogens is 370 g/mol. The summed E-state index contributed by atoms with van der Waals surface area (Å²) in [4.78, 5) is 16.6. The van der Waals surface area contributed by atoms with Gasteiger partial charge >= 0.3 is 0 Å². The number of pyridine rings is 2. The van der Waals surface area contributed by atoms with Gasteiger partial charge in [-0.3, -0.25) is 13.5 Å². The fourth-order valence-corrected chi connectivity index (χ4v) is 2.30. The molecule has 0 bridgehead atoms. The van der Waals surface area contributed by atoms with Gasteiger partial charge in [-0.1, -0.05) is 0 Å². The van der Waals surface area contributed by atoms with E-state index < -0.39 is 18.1 Å². The van der Waals surface area contributed by atoms with Gasteiger partial charge < -0.3 is 14.0 Å². The van der Waals surface area contributed by atoms with E-state index in [9.17, 15) is 18.7 Å². The molecular formula is C16H18F2N2O5S. The van der Waals surface area contributed by atoms with Gasteiger partial charge in [-0.25, -0.2) is 13.8 Å². The Hall–Kier alpha value is -2.33. The standard InChI is InChI=1S/C16H18F2N2O5S/c1-4-24-26-25-12-7-10(21)8-19-14(12)11-5-6-13(20(3)15(11)22)23-9-16(2,17)18/h5-8,21H,4,9H2,1-3H3. The first-order valence-corrected chi connectivity index (χ1v) is 8.25. The maximum Gasteiger partial charge on any atom is 0.278 e. The van der Waals surface area contributed by atoms with Crippen LogP contribution in [0, 0.1) is 0 Å². The van der Waals surface area contributed by atoms with E-state index in [1.54, 1.807) is 6.92 Å². The molecule has 0 unspecified atom stereocenters. The average molecular weight is 388 g/mol. The molecule has 0 atom stereocenters. The summed E-state index contributed by atoms with van der Waals surface area (Å²) in [7, 11) is 1.39. The van der Waals surface area contributed by atoms with Crippen molar-refractivity contribution in [3.05, 3.63) is 34.7 Å². The van der Waals surface area contributed by atoms with Crippen LogP contribution in [-0.2, 0) is 11.2 Å². The molecule has 26 heavy (non-hydrogen) atoms. The zero-order valence-electron chi connectivity index (χ0n) is 14.4. The Bertz CT molecular complexity index is 823. The molecule has 2 heterocycles. The lowest BCUT2D eigenvalue weighted by Crippen LogP contribution is -2.26. The van der Waals surface area contributed by atoms with E-state index in [0.29, 0.717) is 18.9 Å². The van der Waals surface area contributed by atoms with E-state index in [1.807, 2.05) is 0 Å². The first kappa shape index (κ1) is 20.0. The molecule has 2 aromatic rings. The highest BCUT2D eigenvalue weighted by Gasteiger charge is 2.23. The van der Waals surface area contributed by atoms with Crippen molar-refractivity contribution in [3.63, 3.8) is 0 Å². The van der Waals surface area contributed by atoms with Crippen molar-refractivity contribution < 1.29 is 27.0 Å². The van der Waals surface area contributed by atoms with E-state index >= 15 is 0 Å². The molecule has 0 radical (unpaired) electrons. The van der Waals surface area contributed by atoms with Gasteiger partial charge in [0.05, 0.1) is 18.4 Å². The van der Waals surface area contributed by atoms with Gasteiger partial charge in [0.15, 0.2) is 18.2 Å². The minimum atomic E-state index is -3.02. The summed E-state index contributed by atoms with van der Waals surface area (Å²) in [5.74, 6) is -3.06. The fourth-order valence-electron chi connectivity index (χ4n) is 1.95. The van der Waals surface area contributed by atoms with Crippen LogP contribution in [0.2, 0.25) is 0 Å². The minimum Gasteiger partial charge on any atom is -0.506 e. The van der Waals surface area contributed by atoms with Crippen molar-refractivity contribution in [2.24, 2.45) is 7.05 Å². The highest BCUT2D eigenvalue weighted by atomic mass is 32.2. The van der Waals surface area contributed by atoms with E-state index in [1.165, 1.54) is 25.2 Å². The second-order valence-corrected chi connectivity index (χ2v) is 5.94. The Morgan fingerprint density at radius 3 is 2.77 bits per heavy atom. The van der Waals surface area contributed by atoms with Crippen LogP contribution >= 0.6 is 12.3 Å². The van der Waals surface area contributed by atoms with Crippen molar-refractivity contribution >= 4 is 12.3 Å². The molecule has 0 fully saturated rings. The molecule has 2 rings (SSSR count). The first-order valence-electron chi connectivity index (χ1n) is 7.59. The number of rotatable bonds is 8. The number of alkyl halides is 2. The van der Waals surface area contributed by atoms with Crippen LogP contribution < -0.4 is 14.5 Å². The molecule has 10 heteroatoms.